The van der Waals surface area contributed by atoms with Gasteiger partial charge in [-0.15, -0.1) is 0 Å². The molecule has 3 aromatic rings. The quantitative estimate of drug-likeness (QED) is 0.607. The predicted molar refractivity (Wildman–Crippen MR) is 89.1 cm³/mol. The van der Waals surface area contributed by atoms with Gasteiger partial charge >= 0.3 is 6.18 Å². The van der Waals surface area contributed by atoms with Crippen LogP contribution in [0.3, 0.4) is 0 Å². The number of rotatable bonds is 3. The molecule has 0 aliphatic carbocycles. The fourth-order valence-corrected chi connectivity index (χ4v) is 3.03. The Balaban J connectivity index is 1.75. The Bertz CT molecular complexity index is 807. The summed E-state index contributed by atoms with van der Waals surface area (Å²) < 4.78 is 37.8. The third kappa shape index (κ3) is 3.92. The number of alkyl halides is 3. The second-order valence-electron chi connectivity index (χ2n) is 5.20. The fraction of sp³-hybridized carbons (Fsp3) is 0.0526. The highest BCUT2D eigenvalue weighted by molar-refractivity contribution is 7.99. The Morgan fingerprint density at radius 1 is 0.625 bits per heavy atom. The maximum atomic E-state index is 12.6. The van der Waals surface area contributed by atoms with Crippen molar-refractivity contribution in [2.24, 2.45) is 0 Å². The fourth-order valence-electron chi connectivity index (χ4n) is 2.22. The first-order valence-electron chi connectivity index (χ1n) is 7.16. The van der Waals surface area contributed by atoms with Gasteiger partial charge in [-0.2, -0.15) is 13.2 Å². The molecule has 5 heteroatoms. The summed E-state index contributed by atoms with van der Waals surface area (Å²) in [7, 11) is 0. The van der Waals surface area contributed by atoms with Crippen molar-refractivity contribution < 1.29 is 18.3 Å². The van der Waals surface area contributed by atoms with Crippen LogP contribution in [-0.4, -0.2) is 5.11 Å². The van der Waals surface area contributed by atoms with Crippen LogP contribution >= 0.6 is 11.8 Å². The average Bonchev–Trinajstić information content (AvgIpc) is 2.57. The summed E-state index contributed by atoms with van der Waals surface area (Å²) in [5, 5.41) is 9.28. The SMILES string of the molecule is Oc1ccc(Sc2ccc(-c3ccc(C(F)(F)F)cc3)cc2)cc1. The molecule has 0 fully saturated rings. The lowest BCUT2D eigenvalue weighted by atomic mass is 10.0. The third-order valence-corrected chi connectivity index (χ3v) is 4.49. The van der Waals surface area contributed by atoms with Gasteiger partial charge in [-0.3, -0.25) is 0 Å². The number of aromatic hydroxyl groups is 1. The van der Waals surface area contributed by atoms with E-state index in [-0.39, 0.29) is 5.75 Å². The maximum absolute atomic E-state index is 12.6. The highest BCUT2D eigenvalue weighted by atomic mass is 32.2. The Morgan fingerprint density at radius 3 is 1.50 bits per heavy atom. The molecule has 0 aliphatic heterocycles. The van der Waals surface area contributed by atoms with Crippen molar-refractivity contribution in [3.63, 3.8) is 0 Å². The van der Waals surface area contributed by atoms with Crippen LogP contribution < -0.4 is 0 Å². The van der Waals surface area contributed by atoms with Gasteiger partial charge in [0.1, 0.15) is 5.75 Å². The molecular weight excluding hydrogens is 333 g/mol. The molecule has 0 heterocycles. The first kappa shape index (κ1) is 16.5. The van der Waals surface area contributed by atoms with Crippen LogP contribution in [0.15, 0.2) is 82.6 Å². The van der Waals surface area contributed by atoms with E-state index in [1.807, 2.05) is 36.4 Å². The molecule has 0 saturated carbocycles. The average molecular weight is 346 g/mol. The van der Waals surface area contributed by atoms with Crippen molar-refractivity contribution in [3.05, 3.63) is 78.4 Å². The van der Waals surface area contributed by atoms with Crippen LogP contribution in [0.4, 0.5) is 13.2 Å². The van der Waals surface area contributed by atoms with E-state index in [1.54, 1.807) is 23.9 Å². The molecule has 0 radical (unpaired) electrons. The third-order valence-electron chi connectivity index (χ3n) is 3.47. The molecule has 3 aromatic carbocycles. The molecule has 0 amide bonds. The Hall–Kier alpha value is -2.40. The minimum absolute atomic E-state index is 0.219. The van der Waals surface area contributed by atoms with E-state index in [0.29, 0.717) is 0 Å². The van der Waals surface area contributed by atoms with E-state index in [0.717, 1.165) is 33.1 Å². The summed E-state index contributed by atoms with van der Waals surface area (Å²) in [5.74, 6) is 0.219. The van der Waals surface area contributed by atoms with Crippen molar-refractivity contribution >= 4 is 11.8 Å². The molecule has 3 rings (SSSR count). The van der Waals surface area contributed by atoms with Crippen LogP contribution in [0.2, 0.25) is 0 Å². The predicted octanol–water partition coefficient (Wildman–Crippen LogP) is 6.23. The number of benzene rings is 3. The van der Waals surface area contributed by atoms with Crippen molar-refractivity contribution in [2.45, 2.75) is 16.0 Å². The van der Waals surface area contributed by atoms with E-state index < -0.39 is 11.7 Å². The summed E-state index contributed by atoms with van der Waals surface area (Å²) in [6, 6.07) is 19.6. The van der Waals surface area contributed by atoms with Gasteiger partial charge in [0.05, 0.1) is 5.56 Å². The largest absolute Gasteiger partial charge is 0.508 e. The van der Waals surface area contributed by atoms with Gasteiger partial charge in [-0.05, 0) is 59.7 Å². The van der Waals surface area contributed by atoms with Gasteiger partial charge in [0.25, 0.3) is 0 Å². The van der Waals surface area contributed by atoms with E-state index >= 15 is 0 Å². The van der Waals surface area contributed by atoms with Crippen molar-refractivity contribution in [1.29, 1.82) is 0 Å². The highest BCUT2D eigenvalue weighted by Crippen LogP contribution is 2.33. The molecule has 0 aliphatic rings. The van der Waals surface area contributed by atoms with Gasteiger partial charge in [-0.25, -0.2) is 0 Å². The minimum Gasteiger partial charge on any atom is -0.508 e. The van der Waals surface area contributed by atoms with Crippen LogP contribution in [0.1, 0.15) is 5.56 Å². The van der Waals surface area contributed by atoms with E-state index in [2.05, 4.69) is 0 Å². The molecule has 122 valence electrons. The molecule has 0 atom stereocenters. The van der Waals surface area contributed by atoms with Gasteiger partial charge in [-0.1, -0.05) is 36.0 Å². The molecule has 0 aromatic heterocycles. The van der Waals surface area contributed by atoms with Crippen LogP contribution in [-0.2, 0) is 6.18 Å². The number of phenols is 1. The molecule has 1 N–H and O–H groups in total. The van der Waals surface area contributed by atoms with Gasteiger partial charge in [0.2, 0.25) is 0 Å². The molecule has 0 saturated heterocycles. The summed E-state index contributed by atoms with van der Waals surface area (Å²) in [5.41, 5.74) is 0.953. The molecule has 1 nitrogen and oxygen atoms in total. The van der Waals surface area contributed by atoms with E-state index in [9.17, 15) is 18.3 Å². The van der Waals surface area contributed by atoms with E-state index in [4.69, 9.17) is 0 Å². The maximum Gasteiger partial charge on any atom is 0.416 e. The summed E-state index contributed by atoms with van der Waals surface area (Å²) in [4.78, 5) is 2.01. The lowest BCUT2D eigenvalue weighted by Gasteiger charge is -2.08. The monoisotopic (exact) mass is 346 g/mol. The second kappa shape index (κ2) is 6.61. The summed E-state index contributed by atoms with van der Waals surface area (Å²) in [6.07, 6.45) is -4.32. The zero-order valence-corrected chi connectivity index (χ0v) is 13.2. The summed E-state index contributed by atoms with van der Waals surface area (Å²) in [6.45, 7) is 0. The smallest absolute Gasteiger partial charge is 0.416 e. The Labute approximate surface area is 141 Å². The number of halogens is 3. The summed E-state index contributed by atoms with van der Waals surface area (Å²) >= 11 is 1.55. The standard InChI is InChI=1S/C19H13F3OS/c20-19(21,22)15-5-1-13(2-6-15)14-3-9-17(10-4-14)24-18-11-7-16(23)8-12-18/h1-12,23H. The van der Waals surface area contributed by atoms with Gasteiger partial charge in [0, 0.05) is 9.79 Å². The number of hydrogen-bond donors (Lipinski definition) is 1. The zero-order valence-electron chi connectivity index (χ0n) is 12.4. The van der Waals surface area contributed by atoms with Crippen molar-refractivity contribution in [2.75, 3.05) is 0 Å². The molecular formula is C19H13F3OS. The first-order chi connectivity index (χ1) is 11.4. The van der Waals surface area contributed by atoms with Crippen LogP contribution in [0.5, 0.6) is 5.75 Å². The first-order valence-corrected chi connectivity index (χ1v) is 7.98. The minimum atomic E-state index is -4.32. The number of hydrogen-bond acceptors (Lipinski definition) is 2. The second-order valence-corrected chi connectivity index (χ2v) is 6.34. The van der Waals surface area contributed by atoms with Gasteiger partial charge < -0.3 is 5.11 Å². The Kier molecular flexibility index (Phi) is 4.53. The van der Waals surface area contributed by atoms with Crippen LogP contribution in [0, 0.1) is 0 Å². The molecule has 0 unspecified atom stereocenters. The van der Waals surface area contributed by atoms with Crippen LogP contribution in [0.25, 0.3) is 11.1 Å². The van der Waals surface area contributed by atoms with Crippen molar-refractivity contribution in [1.82, 2.24) is 0 Å². The normalized spacial score (nSPS) is 11.5. The molecule has 24 heavy (non-hydrogen) atoms. The zero-order chi connectivity index (χ0) is 17.2. The highest BCUT2D eigenvalue weighted by Gasteiger charge is 2.29. The lowest BCUT2D eigenvalue weighted by molar-refractivity contribution is -0.137. The lowest BCUT2D eigenvalue weighted by Crippen LogP contribution is -2.03. The topological polar surface area (TPSA) is 20.2 Å². The van der Waals surface area contributed by atoms with E-state index in [1.165, 1.54) is 12.1 Å². The van der Waals surface area contributed by atoms with Crippen molar-refractivity contribution in [3.8, 4) is 16.9 Å². The Morgan fingerprint density at radius 2 is 1.04 bits per heavy atom. The molecule has 0 spiro atoms. The molecule has 0 bridgehead atoms. The van der Waals surface area contributed by atoms with Gasteiger partial charge in [0.15, 0.2) is 0 Å². The number of phenolic OH excluding ortho intramolecular Hbond substituents is 1.